The molecule has 0 aromatic heterocycles. The molecule has 4 nitrogen and oxygen atoms in total. The van der Waals surface area contributed by atoms with Gasteiger partial charge in [-0.25, -0.2) is 0 Å². The molecule has 1 fully saturated rings. The first-order valence-electron chi connectivity index (χ1n) is 6.96. The zero-order valence-corrected chi connectivity index (χ0v) is 11.7. The van der Waals surface area contributed by atoms with Crippen LogP contribution in [0.3, 0.4) is 0 Å². The number of nitrogens with one attached hydrogen (secondary N) is 1. The van der Waals surface area contributed by atoms with E-state index in [4.69, 9.17) is 9.47 Å². The minimum atomic E-state index is 0.496. The molecule has 0 amide bonds. The van der Waals surface area contributed by atoms with Crippen LogP contribution in [0, 0.1) is 0 Å². The molecular formula is C14H26N2O2. The van der Waals surface area contributed by atoms with Crippen molar-refractivity contribution < 1.29 is 9.47 Å². The maximum absolute atomic E-state index is 5.36. The van der Waals surface area contributed by atoms with Crippen LogP contribution in [0.25, 0.3) is 0 Å². The fourth-order valence-electron chi connectivity index (χ4n) is 2.45. The van der Waals surface area contributed by atoms with E-state index in [1.807, 2.05) is 0 Å². The number of rotatable bonds is 8. The van der Waals surface area contributed by atoms with E-state index >= 15 is 0 Å². The molecule has 104 valence electrons. The lowest BCUT2D eigenvalue weighted by molar-refractivity contribution is 0.0921. The van der Waals surface area contributed by atoms with E-state index in [2.05, 4.69) is 16.3 Å². The van der Waals surface area contributed by atoms with Crippen molar-refractivity contribution in [3.63, 3.8) is 0 Å². The highest BCUT2D eigenvalue weighted by atomic mass is 16.5. The molecule has 18 heavy (non-hydrogen) atoms. The highest BCUT2D eigenvalue weighted by molar-refractivity contribution is 5.08. The van der Waals surface area contributed by atoms with E-state index < -0.39 is 0 Å². The van der Waals surface area contributed by atoms with Crippen LogP contribution in [0.4, 0.5) is 0 Å². The molecule has 0 radical (unpaired) electrons. The van der Waals surface area contributed by atoms with Crippen molar-refractivity contribution in [2.24, 2.45) is 0 Å². The van der Waals surface area contributed by atoms with Gasteiger partial charge in [0.15, 0.2) is 0 Å². The monoisotopic (exact) mass is 254 g/mol. The predicted molar refractivity (Wildman–Crippen MR) is 72.8 cm³/mol. The van der Waals surface area contributed by atoms with Gasteiger partial charge in [0.1, 0.15) is 0 Å². The third kappa shape index (κ3) is 4.35. The summed E-state index contributed by atoms with van der Waals surface area (Å²) in [5.41, 5.74) is 1.43. The topological polar surface area (TPSA) is 33.7 Å². The number of nitrogens with zero attached hydrogens (tertiary/aromatic N) is 1. The van der Waals surface area contributed by atoms with Gasteiger partial charge in [-0.3, -0.25) is 4.90 Å². The average Bonchev–Trinajstić information content (AvgIpc) is 3.20. The van der Waals surface area contributed by atoms with E-state index in [1.165, 1.54) is 18.4 Å². The zero-order chi connectivity index (χ0) is 12.8. The molecule has 1 saturated carbocycles. The molecule has 2 aliphatic rings. The summed E-state index contributed by atoms with van der Waals surface area (Å²) in [6, 6.07) is 1.27. The number of methoxy groups -OCH3 is 2. The van der Waals surface area contributed by atoms with Gasteiger partial charge in [0.05, 0.1) is 13.2 Å². The van der Waals surface area contributed by atoms with Gasteiger partial charge in [-0.2, -0.15) is 0 Å². The van der Waals surface area contributed by atoms with Crippen molar-refractivity contribution >= 4 is 0 Å². The maximum atomic E-state index is 5.36. The Morgan fingerprint density at radius 1 is 1.39 bits per heavy atom. The minimum Gasteiger partial charge on any atom is -0.383 e. The molecule has 1 aliphatic carbocycles. The second-order valence-corrected chi connectivity index (χ2v) is 5.33. The SMILES string of the molecule is COCC1=CCN(C(CNC2CC2)COC)CC1. The van der Waals surface area contributed by atoms with Crippen LogP contribution >= 0.6 is 0 Å². The van der Waals surface area contributed by atoms with Gasteiger partial charge < -0.3 is 14.8 Å². The second-order valence-electron chi connectivity index (χ2n) is 5.33. The van der Waals surface area contributed by atoms with Gasteiger partial charge in [-0.05, 0) is 24.8 Å². The molecule has 0 spiro atoms. The predicted octanol–water partition coefficient (Wildman–Crippen LogP) is 1.03. The van der Waals surface area contributed by atoms with E-state index in [0.29, 0.717) is 6.04 Å². The van der Waals surface area contributed by atoms with Crippen LogP contribution in [0.5, 0.6) is 0 Å². The zero-order valence-electron chi connectivity index (χ0n) is 11.7. The number of ether oxygens (including phenoxy) is 2. The van der Waals surface area contributed by atoms with Crippen LogP contribution in [0.1, 0.15) is 19.3 Å². The van der Waals surface area contributed by atoms with Gasteiger partial charge in [-0.1, -0.05) is 6.08 Å². The molecular weight excluding hydrogens is 228 g/mol. The maximum Gasteiger partial charge on any atom is 0.0673 e. The Hall–Kier alpha value is -0.420. The smallest absolute Gasteiger partial charge is 0.0673 e. The van der Waals surface area contributed by atoms with Gasteiger partial charge in [0, 0.05) is 45.9 Å². The van der Waals surface area contributed by atoms with E-state index in [-0.39, 0.29) is 0 Å². The first-order chi connectivity index (χ1) is 8.83. The summed E-state index contributed by atoms with van der Waals surface area (Å²) in [5, 5.41) is 3.61. The third-order valence-corrected chi connectivity index (χ3v) is 3.76. The summed E-state index contributed by atoms with van der Waals surface area (Å²) in [7, 11) is 3.56. The average molecular weight is 254 g/mol. The third-order valence-electron chi connectivity index (χ3n) is 3.76. The first kappa shape index (κ1) is 14.0. The van der Waals surface area contributed by atoms with Gasteiger partial charge in [-0.15, -0.1) is 0 Å². The lowest BCUT2D eigenvalue weighted by atomic mass is 10.1. The van der Waals surface area contributed by atoms with Gasteiger partial charge in [0.2, 0.25) is 0 Å². The first-order valence-corrected chi connectivity index (χ1v) is 6.96. The summed E-state index contributed by atoms with van der Waals surface area (Å²) in [6.07, 6.45) is 6.12. The molecule has 0 aromatic rings. The van der Waals surface area contributed by atoms with Crippen LogP contribution in [0.15, 0.2) is 11.6 Å². The summed E-state index contributed by atoms with van der Waals surface area (Å²) < 4.78 is 10.5. The Morgan fingerprint density at radius 3 is 2.78 bits per heavy atom. The normalized spacial score (nSPS) is 22.9. The Bertz CT molecular complexity index is 277. The molecule has 1 heterocycles. The molecule has 4 heteroatoms. The molecule has 1 atom stereocenters. The quantitative estimate of drug-likeness (QED) is 0.656. The standard InChI is InChI=1S/C14H26N2O2/c1-17-10-12-5-7-16(8-6-12)14(11-18-2)9-15-13-3-4-13/h5,13-15H,3-4,6-11H2,1-2H3. The fraction of sp³-hybridized carbons (Fsp3) is 0.857. The Labute approximate surface area is 110 Å². The van der Waals surface area contributed by atoms with Crippen molar-refractivity contribution in [1.29, 1.82) is 0 Å². The molecule has 0 aromatic carbocycles. The molecule has 1 aliphatic heterocycles. The van der Waals surface area contributed by atoms with Gasteiger partial charge in [0.25, 0.3) is 0 Å². The van der Waals surface area contributed by atoms with Crippen molar-refractivity contribution in [1.82, 2.24) is 10.2 Å². The van der Waals surface area contributed by atoms with Gasteiger partial charge >= 0.3 is 0 Å². The van der Waals surface area contributed by atoms with Crippen molar-refractivity contribution in [3.05, 3.63) is 11.6 Å². The molecule has 1 N–H and O–H groups in total. The lowest BCUT2D eigenvalue weighted by Gasteiger charge is -2.33. The highest BCUT2D eigenvalue weighted by Crippen LogP contribution is 2.19. The fourth-order valence-corrected chi connectivity index (χ4v) is 2.45. The Balaban J connectivity index is 1.78. The summed E-state index contributed by atoms with van der Waals surface area (Å²) >= 11 is 0. The number of hydrogen-bond acceptors (Lipinski definition) is 4. The van der Waals surface area contributed by atoms with E-state index in [0.717, 1.165) is 45.3 Å². The summed E-state index contributed by atoms with van der Waals surface area (Å²) in [5.74, 6) is 0. The highest BCUT2D eigenvalue weighted by Gasteiger charge is 2.25. The lowest BCUT2D eigenvalue weighted by Crippen LogP contribution is -2.47. The summed E-state index contributed by atoms with van der Waals surface area (Å²) in [4.78, 5) is 2.51. The molecule has 2 rings (SSSR count). The molecule has 1 unspecified atom stereocenters. The Morgan fingerprint density at radius 2 is 2.22 bits per heavy atom. The minimum absolute atomic E-state index is 0.496. The van der Waals surface area contributed by atoms with Crippen LogP contribution < -0.4 is 5.32 Å². The van der Waals surface area contributed by atoms with E-state index in [1.54, 1.807) is 14.2 Å². The van der Waals surface area contributed by atoms with Crippen LogP contribution in [-0.4, -0.2) is 64.1 Å². The molecule has 0 bridgehead atoms. The van der Waals surface area contributed by atoms with Crippen LogP contribution in [-0.2, 0) is 9.47 Å². The largest absolute Gasteiger partial charge is 0.383 e. The second kappa shape index (κ2) is 7.24. The molecule has 0 saturated heterocycles. The van der Waals surface area contributed by atoms with E-state index in [9.17, 15) is 0 Å². The number of hydrogen-bond donors (Lipinski definition) is 1. The Kier molecular flexibility index (Phi) is 5.63. The van der Waals surface area contributed by atoms with Crippen molar-refractivity contribution in [3.8, 4) is 0 Å². The van der Waals surface area contributed by atoms with Crippen molar-refractivity contribution in [2.75, 3.05) is 47.1 Å². The van der Waals surface area contributed by atoms with Crippen LogP contribution in [0.2, 0.25) is 0 Å². The summed E-state index contributed by atoms with van der Waals surface area (Å²) in [6.45, 7) is 4.79. The van der Waals surface area contributed by atoms with Crippen molar-refractivity contribution in [2.45, 2.75) is 31.3 Å².